The third kappa shape index (κ3) is 3.36. The summed E-state index contributed by atoms with van der Waals surface area (Å²) in [4.78, 5) is 21.7. The molecule has 0 aliphatic heterocycles. The summed E-state index contributed by atoms with van der Waals surface area (Å²) in [5.41, 5.74) is 5.41. The number of aromatic nitrogens is 4. The minimum absolute atomic E-state index is 0.0776. The van der Waals surface area contributed by atoms with Gasteiger partial charge in [0.25, 0.3) is 5.91 Å². The van der Waals surface area contributed by atoms with Crippen molar-refractivity contribution in [1.82, 2.24) is 25.1 Å². The van der Waals surface area contributed by atoms with Crippen LogP contribution in [0.5, 0.6) is 0 Å². The molecule has 2 aromatic carbocycles. The average Bonchev–Trinajstić information content (AvgIpc) is 3.27. The molecule has 4 rings (SSSR count). The molecular formula is C22H21N5O. The number of carbonyl (C=O) groups excluding carboxylic acids is 1. The van der Waals surface area contributed by atoms with Crippen LogP contribution in [-0.4, -0.2) is 25.7 Å². The second kappa shape index (κ2) is 7.60. The zero-order valence-corrected chi connectivity index (χ0v) is 15.9. The first kappa shape index (κ1) is 17.9. The number of para-hydroxylation sites is 1. The Hall–Kier alpha value is -3.54. The van der Waals surface area contributed by atoms with Crippen LogP contribution in [0.25, 0.3) is 16.6 Å². The minimum atomic E-state index is -0.0776. The summed E-state index contributed by atoms with van der Waals surface area (Å²) in [5, 5.41) is 8.05. The number of nitrogens with zero attached hydrogens (tertiary/aromatic N) is 4. The lowest BCUT2D eigenvalue weighted by atomic mass is 9.99. The van der Waals surface area contributed by atoms with E-state index in [-0.39, 0.29) is 5.91 Å². The zero-order chi connectivity index (χ0) is 19.5. The molecule has 1 N–H and O–H groups in total. The van der Waals surface area contributed by atoms with Crippen molar-refractivity contribution in [1.29, 1.82) is 0 Å². The molecule has 0 saturated carbocycles. The van der Waals surface area contributed by atoms with Crippen LogP contribution in [0.1, 0.15) is 34.1 Å². The van der Waals surface area contributed by atoms with Crippen molar-refractivity contribution in [3.8, 4) is 5.69 Å². The fourth-order valence-electron chi connectivity index (χ4n) is 3.37. The lowest BCUT2D eigenvalue weighted by molar-refractivity contribution is 0.0952. The van der Waals surface area contributed by atoms with Gasteiger partial charge < -0.3 is 5.32 Å². The van der Waals surface area contributed by atoms with Crippen molar-refractivity contribution in [3.63, 3.8) is 0 Å². The molecular weight excluding hydrogens is 350 g/mol. The Morgan fingerprint density at radius 2 is 1.89 bits per heavy atom. The lowest BCUT2D eigenvalue weighted by Crippen LogP contribution is -2.24. The number of aryl methyl sites for hydroxylation is 1. The number of nitrogens with one attached hydrogen (secondary N) is 1. The zero-order valence-electron chi connectivity index (χ0n) is 15.9. The molecule has 0 aliphatic rings. The predicted octanol–water partition coefficient (Wildman–Crippen LogP) is 3.62. The summed E-state index contributed by atoms with van der Waals surface area (Å²) in [7, 11) is 0. The smallest absolute Gasteiger partial charge is 0.252 e. The summed E-state index contributed by atoms with van der Waals surface area (Å²) >= 11 is 0. The maximum absolute atomic E-state index is 13.0. The van der Waals surface area contributed by atoms with Gasteiger partial charge in [0, 0.05) is 17.6 Å². The second-order valence-corrected chi connectivity index (χ2v) is 6.62. The largest absolute Gasteiger partial charge is 0.348 e. The van der Waals surface area contributed by atoms with Crippen molar-refractivity contribution in [2.75, 3.05) is 0 Å². The number of benzene rings is 2. The molecule has 0 atom stereocenters. The topological polar surface area (TPSA) is 72.7 Å². The van der Waals surface area contributed by atoms with Gasteiger partial charge in [0.2, 0.25) is 0 Å². The first-order chi connectivity index (χ1) is 13.7. The van der Waals surface area contributed by atoms with E-state index in [2.05, 4.69) is 22.3 Å². The first-order valence-corrected chi connectivity index (χ1v) is 9.27. The van der Waals surface area contributed by atoms with Crippen molar-refractivity contribution in [2.45, 2.75) is 26.8 Å². The average molecular weight is 371 g/mol. The van der Waals surface area contributed by atoms with E-state index in [0.29, 0.717) is 12.1 Å². The Balaban J connectivity index is 1.56. The van der Waals surface area contributed by atoms with Gasteiger partial charge in [-0.05, 0) is 42.7 Å². The van der Waals surface area contributed by atoms with Crippen LogP contribution >= 0.6 is 0 Å². The van der Waals surface area contributed by atoms with Crippen LogP contribution < -0.4 is 5.32 Å². The number of carbonyl (C=O) groups is 1. The molecule has 140 valence electrons. The highest BCUT2D eigenvalue weighted by Gasteiger charge is 2.17. The van der Waals surface area contributed by atoms with Crippen molar-refractivity contribution >= 4 is 16.8 Å². The maximum Gasteiger partial charge on any atom is 0.252 e. The number of rotatable bonds is 5. The van der Waals surface area contributed by atoms with Crippen LogP contribution in [0, 0.1) is 6.92 Å². The van der Waals surface area contributed by atoms with E-state index in [4.69, 9.17) is 4.98 Å². The summed E-state index contributed by atoms with van der Waals surface area (Å²) in [6.07, 6.45) is 3.94. The SMILES string of the molecule is CCc1nc2ccccc2c(C(=O)NCc2ccc(-n3cncn3)cc2)c1C. The lowest BCUT2D eigenvalue weighted by Gasteiger charge is -2.14. The number of amides is 1. The summed E-state index contributed by atoms with van der Waals surface area (Å²) in [5.74, 6) is -0.0776. The van der Waals surface area contributed by atoms with Gasteiger partial charge in [-0.1, -0.05) is 37.3 Å². The Morgan fingerprint density at radius 1 is 1.11 bits per heavy atom. The highest BCUT2D eigenvalue weighted by Crippen LogP contribution is 2.23. The second-order valence-electron chi connectivity index (χ2n) is 6.62. The van der Waals surface area contributed by atoms with Crippen molar-refractivity contribution < 1.29 is 4.79 Å². The van der Waals surface area contributed by atoms with Gasteiger partial charge in [-0.25, -0.2) is 9.67 Å². The number of hydrogen-bond donors (Lipinski definition) is 1. The Kier molecular flexibility index (Phi) is 4.85. The molecule has 6 nitrogen and oxygen atoms in total. The number of hydrogen-bond acceptors (Lipinski definition) is 4. The van der Waals surface area contributed by atoms with Crippen LogP contribution in [0.2, 0.25) is 0 Å². The molecule has 2 heterocycles. The van der Waals surface area contributed by atoms with Crippen molar-refractivity contribution in [3.05, 3.63) is 83.6 Å². The standard InChI is InChI=1S/C22H21N5O/c1-3-19-15(2)21(18-6-4-5-7-20(18)26-19)22(28)24-12-16-8-10-17(11-9-16)27-14-23-13-25-27/h4-11,13-14H,3,12H2,1-2H3,(H,24,28). The summed E-state index contributed by atoms with van der Waals surface area (Å²) in [6.45, 7) is 4.48. The molecule has 0 saturated heterocycles. The molecule has 0 spiro atoms. The molecule has 4 aromatic rings. The molecule has 0 radical (unpaired) electrons. The van der Waals surface area contributed by atoms with Gasteiger partial charge in [0.05, 0.1) is 16.8 Å². The molecule has 0 fully saturated rings. The van der Waals surface area contributed by atoms with Gasteiger partial charge in [0.1, 0.15) is 12.7 Å². The third-order valence-corrected chi connectivity index (χ3v) is 4.87. The predicted molar refractivity (Wildman–Crippen MR) is 108 cm³/mol. The normalized spacial score (nSPS) is 10.9. The van der Waals surface area contributed by atoms with E-state index >= 15 is 0 Å². The van der Waals surface area contributed by atoms with E-state index in [1.807, 2.05) is 55.5 Å². The van der Waals surface area contributed by atoms with Gasteiger partial charge >= 0.3 is 0 Å². The van der Waals surface area contributed by atoms with E-state index < -0.39 is 0 Å². The molecule has 0 bridgehead atoms. The van der Waals surface area contributed by atoms with Crippen LogP contribution in [0.4, 0.5) is 0 Å². The van der Waals surface area contributed by atoms with Crippen LogP contribution in [-0.2, 0) is 13.0 Å². The fraction of sp³-hybridized carbons (Fsp3) is 0.182. The quantitative estimate of drug-likeness (QED) is 0.582. The molecule has 0 aliphatic carbocycles. The van der Waals surface area contributed by atoms with E-state index in [0.717, 1.165) is 39.8 Å². The molecule has 28 heavy (non-hydrogen) atoms. The number of fused-ring (bicyclic) bond motifs is 1. The van der Waals surface area contributed by atoms with E-state index in [1.54, 1.807) is 11.0 Å². The van der Waals surface area contributed by atoms with E-state index in [9.17, 15) is 4.79 Å². The minimum Gasteiger partial charge on any atom is -0.348 e. The first-order valence-electron chi connectivity index (χ1n) is 9.27. The monoisotopic (exact) mass is 371 g/mol. The molecule has 0 unspecified atom stereocenters. The Bertz CT molecular complexity index is 1120. The summed E-state index contributed by atoms with van der Waals surface area (Å²) < 4.78 is 1.70. The Labute approximate surface area is 163 Å². The third-order valence-electron chi connectivity index (χ3n) is 4.87. The Morgan fingerprint density at radius 3 is 2.61 bits per heavy atom. The van der Waals surface area contributed by atoms with Crippen LogP contribution in [0.15, 0.2) is 61.2 Å². The van der Waals surface area contributed by atoms with Crippen LogP contribution in [0.3, 0.4) is 0 Å². The molecule has 6 heteroatoms. The molecule has 1 amide bonds. The fourth-order valence-corrected chi connectivity index (χ4v) is 3.37. The summed E-state index contributed by atoms with van der Waals surface area (Å²) in [6, 6.07) is 15.7. The van der Waals surface area contributed by atoms with Gasteiger partial charge in [-0.3, -0.25) is 9.78 Å². The van der Waals surface area contributed by atoms with Gasteiger partial charge in [0.15, 0.2) is 0 Å². The number of pyridine rings is 1. The van der Waals surface area contributed by atoms with Gasteiger partial charge in [-0.2, -0.15) is 5.10 Å². The van der Waals surface area contributed by atoms with Gasteiger partial charge in [-0.15, -0.1) is 0 Å². The maximum atomic E-state index is 13.0. The molecule has 2 aromatic heterocycles. The highest BCUT2D eigenvalue weighted by atomic mass is 16.1. The van der Waals surface area contributed by atoms with Crippen molar-refractivity contribution in [2.24, 2.45) is 0 Å². The highest BCUT2D eigenvalue weighted by molar-refractivity contribution is 6.07. The van der Waals surface area contributed by atoms with E-state index in [1.165, 1.54) is 6.33 Å².